The number of carbonyl (C=O) groups excluding carboxylic acids is 1. The second kappa shape index (κ2) is 7.53. The molecular weight excluding hydrogens is 359 g/mol. The van der Waals surface area contributed by atoms with Gasteiger partial charge in [-0.1, -0.05) is 42.5 Å². The lowest BCUT2D eigenvalue weighted by atomic mass is 10.2. The summed E-state index contributed by atoms with van der Waals surface area (Å²) in [6.07, 6.45) is -4.76. The molecule has 140 valence electrons. The van der Waals surface area contributed by atoms with Gasteiger partial charge in [0.2, 0.25) is 0 Å². The minimum atomic E-state index is -4.72. The Morgan fingerprint density at radius 2 is 1.89 bits per heavy atom. The molecule has 0 saturated heterocycles. The number of ether oxygens (including phenoxy) is 1. The zero-order valence-corrected chi connectivity index (χ0v) is 14.3. The highest BCUT2D eigenvalue weighted by atomic mass is 19.4. The number of anilines is 1. The van der Waals surface area contributed by atoms with Gasteiger partial charge in [0, 0.05) is 0 Å². The first kappa shape index (κ1) is 18.5. The van der Waals surface area contributed by atoms with Gasteiger partial charge in [-0.25, -0.2) is 9.48 Å². The molecule has 3 rings (SSSR count). The molecule has 3 aromatic rings. The van der Waals surface area contributed by atoms with Crippen LogP contribution < -0.4 is 5.32 Å². The number of nitrogens with zero attached hydrogens (tertiary/aromatic N) is 2. The van der Waals surface area contributed by atoms with Crippen LogP contribution in [0.15, 0.2) is 60.8 Å². The van der Waals surface area contributed by atoms with Crippen molar-refractivity contribution in [2.45, 2.75) is 19.7 Å². The number of amides is 1. The van der Waals surface area contributed by atoms with Gasteiger partial charge in [0.25, 0.3) is 0 Å². The summed E-state index contributed by atoms with van der Waals surface area (Å²) >= 11 is 0. The maximum absolute atomic E-state index is 13.6. The average molecular weight is 375 g/mol. The first-order valence-electron chi connectivity index (χ1n) is 8.04. The van der Waals surface area contributed by atoms with Crippen molar-refractivity contribution in [2.75, 3.05) is 5.32 Å². The van der Waals surface area contributed by atoms with E-state index in [1.165, 1.54) is 6.07 Å². The molecule has 1 heterocycles. The molecule has 1 N–H and O–H groups in total. The summed E-state index contributed by atoms with van der Waals surface area (Å²) in [6.45, 7) is 1.71. The van der Waals surface area contributed by atoms with Gasteiger partial charge in [-0.3, -0.25) is 5.32 Å². The van der Waals surface area contributed by atoms with E-state index in [2.05, 4.69) is 10.4 Å². The van der Waals surface area contributed by atoms with E-state index in [0.717, 1.165) is 22.0 Å². The Labute approximate surface area is 153 Å². The molecule has 0 bridgehead atoms. The zero-order chi connectivity index (χ0) is 19.4. The second-order valence-corrected chi connectivity index (χ2v) is 5.84. The zero-order valence-electron chi connectivity index (χ0n) is 14.3. The number of hydrogen-bond acceptors (Lipinski definition) is 3. The summed E-state index contributed by atoms with van der Waals surface area (Å²) in [6, 6.07) is 15.3. The van der Waals surface area contributed by atoms with E-state index in [-0.39, 0.29) is 12.3 Å². The van der Waals surface area contributed by atoms with Gasteiger partial charge in [-0.05, 0) is 30.2 Å². The number of nitrogens with one attached hydrogen (secondary N) is 1. The Kier molecular flexibility index (Phi) is 5.16. The fourth-order valence-electron chi connectivity index (χ4n) is 2.54. The summed E-state index contributed by atoms with van der Waals surface area (Å²) in [4.78, 5) is 11.9. The Morgan fingerprint density at radius 3 is 2.56 bits per heavy atom. The van der Waals surface area contributed by atoms with Crippen molar-refractivity contribution < 1.29 is 22.7 Å². The van der Waals surface area contributed by atoms with Gasteiger partial charge in [-0.15, -0.1) is 0 Å². The van der Waals surface area contributed by atoms with Crippen molar-refractivity contribution in [1.82, 2.24) is 9.78 Å². The Balaban J connectivity index is 1.82. The third kappa shape index (κ3) is 4.46. The van der Waals surface area contributed by atoms with Crippen molar-refractivity contribution in [3.63, 3.8) is 0 Å². The van der Waals surface area contributed by atoms with Crippen LogP contribution in [0.2, 0.25) is 0 Å². The van der Waals surface area contributed by atoms with E-state index in [4.69, 9.17) is 4.74 Å². The fourth-order valence-corrected chi connectivity index (χ4v) is 2.54. The van der Waals surface area contributed by atoms with Crippen molar-refractivity contribution in [3.8, 4) is 5.69 Å². The van der Waals surface area contributed by atoms with E-state index in [1.807, 2.05) is 0 Å². The molecule has 1 aromatic heterocycles. The average Bonchev–Trinajstić information content (AvgIpc) is 3.05. The number of rotatable bonds is 4. The maximum atomic E-state index is 13.6. The SMILES string of the molecule is Cc1cccc(-n2ncc(NC(=O)OCc3ccccc3)c2C(F)(F)F)c1. The maximum Gasteiger partial charge on any atom is 0.435 e. The number of aryl methyl sites for hydroxylation is 1. The minimum Gasteiger partial charge on any atom is -0.444 e. The van der Waals surface area contributed by atoms with Crippen LogP contribution in [-0.2, 0) is 17.5 Å². The molecule has 2 aromatic carbocycles. The van der Waals surface area contributed by atoms with Crippen molar-refractivity contribution >= 4 is 11.8 Å². The molecule has 0 fully saturated rings. The largest absolute Gasteiger partial charge is 0.444 e. The molecule has 0 unspecified atom stereocenters. The number of carbonyl (C=O) groups is 1. The van der Waals surface area contributed by atoms with Gasteiger partial charge >= 0.3 is 12.3 Å². The molecule has 8 heteroatoms. The van der Waals surface area contributed by atoms with Crippen LogP contribution in [0.3, 0.4) is 0 Å². The molecule has 27 heavy (non-hydrogen) atoms. The lowest BCUT2D eigenvalue weighted by molar-refractivity contribution is -0.142. The monoisotopic (exact) mass is 375 g/mol. The number of hydrogen-bond donors (Lipinski definition) is 1. The number of benzene rings is 2. The van der Waals surface area contributed by atoms with Crippen LogP contribution >= 0.6 is 0 Å². The predicted molar refractivity (Wildman–Crippen MR) is 93.6 cm³/mol. The smallest absolute Gasteiger partial charge is 0.435 e. The van der Waals surface area contributed by atoms with Crippen molar-refractivity contribution in [2.24, 2.45) is 0 Å². The van der Waals surface area contributed by atoms with Crippen LogP contribution in [0.4, 0.5) is 23.7 Å². The number of halogens is 3. The highest BCUT2D eigenvalue weighted by Gasteiger charge is 2.39. The summed E-state index contributed by atoms with van der Waals surface area (Å²) < 4.78 is 46.5. The van der Waals surface area contributed by atoms with Crippen LogP contribution in [0.25, 0.3) is 5.69 Å². The molecule has 0 spiro atoms. The molecule has 5 nitrogen and oxygen atoms in total. The van der Waals surface area contributed by atoms with Gasteiger partial charge in [0.1, 0.15) is 6.61 Å². The Morgan fingerprint density at radius 1 is 1.15 bits per heavy atom. The van der Waals surface area contributed by atoms with Crippen LogP contribution in [-0.4, -0.2) is 15.9 Å². The topological polar surface area (TPSA) is 56.2 Å². The third-order valence-corrected chi connectivity index (χ3v) is 3.73. The standard InChI is InChI=1S/C19H16F3N3O2/c1-13-6-5-9-15(10-13)25-17(19(20,21)22)16(11-23-25)24-18(26)27-12-14-7-3-2-4-8-14/h2-11H,12H2,1H3,(H,24,26). The summed E-state index contributed by atoms with van der Waals surface area (Å²) in [5.74, 6) is 0. The quantitative estimate of drug-likeness (QED) is 0.702. The van der Waals surface area contributed by atoms with E-state index >= 15 is 0 Å². The lowest BCUT2D eigenvalue weighted by Crippen LogP contribution is -2.19. The second-order valence-electron chi connectivity index (χ2n) is 5.84. The van der Waals surface area contributed by atoms with Crippen molar-refractivity contribution in [3.05, 3.63) is 77.6 Å². The molecule has 0 aliphatic heterocycles. The van der Waals surface area contributed by atoms with Gasteiger partial charge in [0.05, 0.1) is 17.6 Å². The lowest BCUT2D eigenvalue weighted by Gasteiger charge is -2.13. The Hall–Kier alpha value is -3.29. The summed E-state index contributed by atoms with van der Waals surface area (Å²) in [7, 11) is 0. The predicted octanol–water partition coefficient (Wildman–Crippen LogP) is 4.95. The molecule has 1 amide bonds. The summed E-state index contributed by atoms with van der Waals surface area (Å²) in [5, 5.41) is 5.92. The van der Waals surface area contributed by atoms with Gasteiger partial charge in [0.15, 0.2) is 5.69 Å². The number of aromatic nitrogens is 2. The number of alkyl halides is 3. The first-order valence-corrected chi connectivity index (χ1v) is 8.04. The van der Waals surface area contributed by atoms with Gasteiger partial charge in [-0.2, -0.15) is 18.3 Å². The summed E-state index contributed by atoms with van der Waals surface area (Å²) in [5.41, 5.74) is 0.201. The van der Waals surface area contributed by atoms with Crippen LogP contribution in [0.1, 0.15) is 16.8 Å². The van der Waals surface area contributed by atoms with E-state index < -0.39 is 23.7 Å². The molecular formula is C19H16F3N3O2. The molecule has 0 aliphatic rings. The van der Waals surface area contributed by atoms with Crippen LogP contribution in [0.5, 0.6) is 0 Å². The first-order chi connectivity index (χ1) is 12.8. The highest BCUT2D eigenvalue weighted by Crippen LogP contribution is 2.36. The van der Waals surface area contributed by atoms with Crippen LogP contribution in [0, 0.1) is 6.92 Å². The Bertz CT molecular complexity index is 937. The molecule has 0 atom stereocenters. The fraction of sp³-hybridized carbons (Fsp3) is 0.158. The normalized spacial score (nSPS) is 11.3. The molecule has 0 aliphatic carbocycles. The molecule has 0 radical (unpaired) electrons. The molecule has 0 saturated carbocycles. The van der Waals surface area contributed by atoms with Gasteiger partial charge < -0.3 is 4.74 Å². The van der Waals surface area contributed by atoms with Crippen molar-refractivity contribution in [1.29, 1.82) is 0 Å². The van der Waals surface area contributed by atoms with E-state index in [0.29, 0.717) is 0 Å². The third-order valence-electron chi connectivity index (χ3n) is 3.73. The highest BCUT2D eigenvalue weighted by molar-refractivity contribution is 5.85. The minimum absolute atomic E-state index is 0.0555. The van der Waals surface area contributed by atoms with E-state index in [9.17, 15) is 18.0 Å². The van der Waals surface area contributed by atoms with E-state index in [1.54, 1.807) is 55.5 Å².